The van der Waals surface area contributed by atoms with E-state index in [1.165, 1.54) is 4.90 Å². The van der Waals surface area contributed by atoms with Crippen molar-refractivity contribution < 1.29 is 14.3 Å². The maximum absolute atomic E-state index is 12.8. The van der Waals surface area contributed by atoms with E-state index in [-0.39, 0.29) is 23.8 Å². The summed E-state index contributed by atoms with van der Waals surface area (Å²) in [6, 6.07) is 9.49. The van der Waals surface area contributed by atoms with E-state index in [1.807, 2.05) is 52.0 Å². The first kappa shape index (κ1) is 21.8. The van der Waals surface area contributed by atoms with Crippen LogP contribution in [0.15, 0.2) is 30.3 Å². The molecule has 3 rings (SSSR count). The lowest BCUT2D eigenvalue weighted by molar-refractivity contribution is -0.116. The van der Waals surface area contributed by atoms with Crippen LogP contribution in [-0.2, 0) is 14.9 Å². The Morgan fingerprint density at radius 2 is 1.87 bits per heavy atom. The molecule has 0 unspecified atom stereocenters. The van der Waals surface area contributed by atoms with Crippen LogP contribution in [0.3, 0.4) is 0 Å². The average Bonchev–Trinajstić information content (AvgIpc) is 3.23. The van der Waals surface area contributed by atoms with E-state index in [2.05, 4.69) is 20.4 Å². The number of hydrogen-bond donors (Lipinski definition) is 2. The minimum atomic E-state index is -0.262. The van der Waals surface area contributed by atoms with Crippen LogP contribution in [0.4, 0.5) is 11.4 Å². The lowest BCUT2D eigenvalue weighted by Gasteiger charge is -2.29. The van der Waals surface area contributed by atoms with Crippen LogP contribution in [0.1, 0.15) is 43.9 Å². The molecule has 0 bridgehead atoms. The lowest BCUT2D eigenvalue weighted by atomic mass is 9.92. The zero-order chi connectivity index (χ0) is 21.7. The molecule has 0 spiro atoms. The van der Waals surface area contributed by atoms with Crippen molar-refractivity contribution in [1.82, 2.24) is 15.1 Å². The monoisotopic (exact) mass is 413 g/mol. The quantitative estimate of drug-likeness (QED) is 0.760. The summed E-state index contributed by atoms with van der Waals surface area (Å²) < 4.78 is 5.38. The molecule has 0 radical (unpaired) electrons. The molecule has 0 aliphatic carbocycles. The molecule has 8 heteroatoms. The fourth-order valence-electron chi connectivity index (χ4n) is 3.26. The summed E-state index contributed by atoms with van der Waals surface area (Å²) in [5.41, 5.74) is 2.88. The summed E-state index contributed by atoms with van der Waals surface area (Å²) in [4.78, 5) is 29.0. The SMILES string of the molecule is CCN(CC(=O)Nc1ccc(N2CCOCC2)cc1)C(=O)c1cc(C(C)(C)C)[nH]n1. The molecule has 1 aliphatic heterocycles. The van der Waals surface area contributed by atoms with E-state index in [9.17, 15) is 9.59 Å². The highest BCUT2D eigenvalue weighted by molar-refractivity contribution is 5.98. The van der Waals surface area contributed by atoms with Crippen LogP contribution in [0.25, 0.3) is 0 Å². The van der Waals surface area contributed by atoms with Gasteiger partial charge < -0.3 is 19.9 Å². The van der Waals surface area contributed by atoms with Gasteiger partial charge in [0.2, 0.25) is 5.91 Å². The van der Waals surface area contributed by atoms with Crippen LogP contribution in [-0.4, -0.2) is 66.3 Å². The van der Waals surface area contributed by atoms with Gasteiger partial charge >= 0.3 is 0 Å². The van der Waals surface area contributed by atoms with Gasteiger partial charge in [0.25, 0.3) is 5.91 Å². The number of morpholine rings is 1. The van der Waals surface area contributed by atoms with Crippen LogP contribution >= 0.6 is 0 Å². The van der Waals surface area contributed by atoms with Crippen LogP contribution < -0.4 is 10.2 Å². The van der Waals surface area contributed by atoms with E-state index in [0.717, 1.165) is 37.7 Å². The summed E-state index contributed by atoms with van der Waals surface area (Å²) in [6.45, 7) is 11.6. The Morgan fingerprint density at radius 3 is 2.43 bits per heavy atom. The van der Waals surface area contributed by atoms with Crippen molar-refractivity contribution in [2.24, 2.45) is 0 Å². The molecule has 2 amide bonds. The van der Waals surface area contributed by atoms with Crippen molar-refractivity contribution in [3.63, 3.8) is 0 Å². The Bertz CT molecular complexity index is 864. The summed E-state index contributed by atoms with van der Waals surface area (Å²) in [5, 5.41) is 9.92. The number of ether oxygens (including phenoxy) is 1. The Kier molecular flexibility index (Phi) is 6.77. The van der Waals surface area contributed by atoms with E-state index in [4.69, 9.17) is 4.74 Å². The number of aromatic amines is 1. The van der Waals surface area contributed by atoms with Gasteiger partial charge in [-0.3, -0.25) is 14.7 Å². The van der Waals surface area contributed by atoms with Crippen molar-refractivity contribution in [3.8, 4) is 0 Å². The lowest BCUT2D eigenvalue weighted by Crippen LogP contribution is -2.38. The highest BCUT2D eigenvalue weighted by Crippen LogP contribution is 2.21. The van der Waals surface area contributed by atoms with Crippen molar-refractivity contribution >= 4 is 23.2 Å². The second kappa shape index (κ2) is 9.30. The minimum Gasteiger partial charge on any atom is -0.378 e. The number of carbonyl (C=O) groups excluding carboxylic acids is 2. The number of nitrogens with zero attached hydrogens (tertiary/aromatic N) is 3. The highest BCUT2D eigenvalue weighted by atomic mass is 16.5. The maximum Gasteiger partial charge on any atom is 0.274 e. The number of benzene rings is 1. The summed E-state index contributed by atoms with van der Waals surface area (Å²) in [7, 11) is 0. The standard InChI is InChI=1S/C22H31N5O3/c1-5-26(21(29)18-14-19(25-24-18)22(2,3)4)15-20(28)23-16-6-8-17(9-7-16)27-10-12-30-13-11-27/h6-9,14H,5,10-13,15H2,1-4H3,(H,23,28)(H,24,25). The Hall–Kier alpha value is -2.87. The first-order chi connectivity index (χ1) is 14.3. The molecule has 2 heterocycles. The van der Waals surface area contributed by atoms with Crippen LogP contribution in [0.2, 0.25) is 0 Å². The van der Waals surface area contributed by atoms with Crippen LogP contribution in [0.5, 0.6) is 0 Å². The topological polar surface area (TPSA) is 90.6 Å². The van der Waals surface area contributed by atoms with Crippen molar-refractivity contribution in [2.75, 3.05) is 49.6 Å². The molecule has 1 aliphatic rings. The van der Waals surface area contributed by atoms with Gasteiger partial charge in [0.15, 0.2) is 0 Å². The second-order valence-electron chi connectivity index (χ2n) is 8.43. The van der Waals surface area contributed by atoms with E-state index >= 15 is 0 Å². The molecule has 0 atom stereocenters. The molecule has 1 aromatic heterocycles. The Balaban J connectivity index is 1.58. The molecule has 8 nitrogen and oxygen atoms in total. The van der Waals surface area contributed by atoms with Gasteiger partial charge in [0, 0.05) is 42.1 Å². The van der Waals surface area contributed by atoms with Crippen molar-refractivity contribution in [2.45, 2.75) is 33.1 Å². The molecule has 30 heavy (non-hydrogen) atoms. The number of H-pyrrole nitrogens is 1. The zero-order valence-corrected chi connectivity index (χ0v) is 18.2. The van der Waals surface area contributed by atoms with Gasteiger partial charge in [-0.1, -0.05) is 20.8 Å². The van der Waals surface area contributed by atoms with Gasteiger partial charge in [-0.15, -0.1) is 0 Å². The number of likely N-dealkylation sites (N-methyl/N-ethyl adjacent to an activating group) is 1. The molecular formula is C22H31N5O3. The third-order valence-electron chi connectivity index (χ3n) is 5.14. The summed E-state index contributed by atoms with van der Waals surface area (Å²) in [6.07, 6.45) is 0. The first-order valence-electron chi connectivity index (χ1n) is 10.4. The summed E-state index contributed by atoms with van der Waals surface area (Å²) >= 11 is 0. The molecule has 162 valence electrons. The Morgan fingerprint density at radius 1 is 1.20 bits per heavy atom. The summed E-state index contributed by atoms with van der Waals surface area (Å²) in [5.74, 6) is -0.502. The number of aromatic nitrogens is 2. The first-order valence-corrected chi connectivity index (χ1v) is 10.4. The predicted molar refractivity (Wildman–Crippen MR) is 117 cm³/mol. The van der Waals surface area contributed by atoms with Gasteiger partial charge in [0.1, 0.15) is 12.2 Å². The van der Waals surface area contributed by atoms with Crippen molar-refractivity contribution in [3.05, 3.63) is 41.7 Å². The maximum atomic E-state index is 12.8. The fourth-order valence-corrected chi connectivity index (χ4v) is 3.26. The number of nitrogens with one attached hydrogen (secondary N) is 2. The molecule has 2 aromatic rings. The number of hydrogen-bond acceptors (Lipinski definition) is 5. The molecule has 1 fully saturated rings. The third-order valence-corrected chi connectivity index (χ3v) is 5.14. The van der Waals surface area contributed by atoms with Gasteiger partial charge in [-0.25, -0.2) is 0 Å². The number of rotatable bonds is 6. The van der Waals surface area contributed by atoms with Crippen molar-refractivity contribution in [1.29, 1.82) is 0 Å². The normalized spacial score (nSPS) is 14.5. The molecular weight excluding hydrogens is 382 g/mol. The molecule has 1 saturated heterocycles. The highest BCUT2D eigenvalue weighted by Gasteiger charge is 2.23. The van der Waals surface area contributed by atoms with Gasteiger partial charge in [-0.2, -0.15) is 5.10 Å². The third kappa shape index (κ3) is 5.38. The fraction of sp³-hybridized carbons (Fsp3) is 0.500. The van der Waals surface area contributed by atoms with E-state index in [1.54, 1.807) is 6.07 Å². The smallest absolute Gasteiger partial charge is 0.274 e. The van der Waals surface area contributed by atoms with Gasteiger partial charge in [0.05, 0.1) is 13.2 Å². The molecule has 0 saturated carbocycles. The second-order valence-corrected chi connectivity index (χ2v) is 8.43. The van der Waals surface area contributed by atoms with Crippen LogP contribution in [0, 0.1) is 0 Å². The predicted octanol–water partition coefficient (Wildman–Crippen LogP) is 2.64. The molecule has 2 N–H and O–H groups in total. The Labute approximate surface area is 177 Å². The minimum absolute atomic E-state index is 0.0295. The van der Waals surface area contributed by atoms with E-state index < -0.39 is 0 Å². The number of carbonyl (C=O) groups is 2. The molecule has 1 aromatic carbocycles. The largest absolute Gasteiger partial charge is 0.378 e. The number of amides is 2. The van der Waals surface area contributed by atoms with E-state index in [0.29, 0.717) is 17.9 Å². The average molecular weight is 414 g/mol. The van der Waals surface area contributed by atoms with Gasteiger partial charge in [-0.05, 0) is 37.3 Å². The zero-order valence-electron chi connectivity index (χ0n) is 18.2. The number of anilines is 2.